The predicted octanol–water partition coefficient (Wildman–Crippen LogP) is 3.64. The fraction of sp³-hybridized carbons (Fsp3) is 0.0909. The van der Waals surface area contributed by atoms with Crippen LogP contribution in [0.2, 0.25) is 5.02 Å². The van der Waals surface area contributed by atoms with E-state index in [1.54, 1.807) is 0 Å². The van der Waals surface area contributed by atoms with Crippen LogP contribution in [0, 0.1) is 18.3 Å². The number of aromatic nitrogens is 1. The smallest absolute Gasteiger partial charge is 0.155 e. The molecule has 1 aromatic carbocycles. The van der Waals surface area contributed by atoms with E-state index < -0.39 is 0 Å². The molecular weight excluding hydrogens is 228 g/mol. The SMILES string of the molecule is Cc1sc(-c2cccc(Cl)c2)nc1C#N. The number of aryl methyl sites for hydroxylation is 1. The number of nitrogens with zero attached hydrogens (tertiary/aromatic N) is 2. The maximum absolute atomic E-state index is 8.80. The summed E-state index contributed by atoms with van der Waals surface area (Å²) in [5, 5.41) is 10.3. The third-order valence-corrected chi connectivity index (χ3v) is 3.23. The van der Waals surface area contributed by atoms with Crippen LogP contribution in [-0.2, 0) is 0 Å². The lowest BCUT2D eigenvalue weighted by Crippen LogP contribution is -1.78. The molecule has 0 radical (unpaired) electrons. The first-order valence-corrected chi connectivity index (χ1v) is 5.53. The summed E-state index contributed by atoms with van der Waals surface area (Å²) >= 11 is 7.40. The first-order valence-electron chi connectivity index (χ1n) is 4.34. The van der Waals surface area contributed by atoms with Crippen molar-refractivity contribution in [2.75, 3.05) is 0 Å². The molecule has 2 aromatic rings. The van der Waals surface area contributed by atoms with Gasteiger partial charge in [0.15, 0.2) is 5.69 Å². The molecule has 1 heterocycles. The molecule has 0 spiro atoms. The number of thiazole rings is 1. The van der Waals surface area contributed by atoms with Crippen LogP contribution in [0.3, 0.4) is 0 Å². The number of nitriles is 1. The number of benzene rings is 1. The molecule has 0 aliphatic rings. The van der Waals surface area contributed by atoms with E-state index in [-0.39, 0.29) is 0 Å². The minimum absolute atomic E-state index is 0.495. The zero-order chi connectivity index (χ0) is 10.8. The molecule has 0 saturated carbocycles. The highest BCUT2D eigenvalue weighted by Crippen LogP contribution is 2.28. The summed E-state index contributed by atoms with van der Waals surface area (Å²) < 4.78 is 0. The topological polar surface area (TPSA) is 36.7 Å². The fourth-order valence-corrected chi connectivity index (χ4v) is 2.30. The van der Waals surface area contributed by atoms with Gasteiger partial charge in [-0.3, -0.25) is 0 Å². The zero-order valence-electron chi connectivity index (χ0n) is 7.99. The van der Waals surface area contributed by atoms with Crippen molar-refractivity contribution in [2.24, 2.45) is 0 Å². The average molecular weight is 235 g/mol. The van der Waals surface area contributed by atoms with Crippen LogP contribution in [0.5, 0.6) is 0 Å². The van der Waals surface area contributed by atoms with Gasteiger partial charge in [-0.25, -0.2) is 4.98 Å². The summed E-state index contributed by atoms with van der Waals surface area (Å²) in [6.07, 6.45) is 0. The average Bonchev–Trinajstić information content (AvgIpc) is 2.60. The molecule has 74 valence electrons. The molecule has 0 aliphatic heterocycles. The van der Waals surface area contributed by atoms with Crippen molar-refractivity contribution in [2.45, 2.75) is 6.92 Å². The molecular formula is C11H7ClN2S. The highest BCUT2D eigenvalue weighted by atomic mass is 35.5. The van der Waals surface area contributed by atoms with Gasteiger partial charge in [0, 0.05) is 15.5 Å². The molecule has 0 amide bonds. The Morgan fingerprint density at radius 3 is 2.87 bits per heavy atom. The van der Waals surface area contributed by atoms with Crippen LogP contribution in [-0.4, -0.2) is 4.98 Å². The van der Waals surface area contributed by atoms with Crippen LogP contribution < -0.4 is 0 Å². The van der Waals surface area contributed by atoms with E-state index in [2.05, 4.69) is 11.1 Å². The van der Waals surface area contributed by atoms with Crippen LogP contribution in [0.1, 0.15) is 10.6 Å². The molecule has 1 aromatic heterocycles. The lowest BCUT2D eigenvalue weighted by atomic mass is 10.2. The number of halogens is 1. The molecule has 15 heavy (non-hydrogen) atoms. The van der Waals surface area contributed by atoms with E-state index in [1.807, 2.05) is 31.2 Å². The van der Waals surface area contributed by atoms with Gasteiger partial charge >= 0.3 is 0 Å². The molecule has 0 fully saturated rings. The quantitative estimate of drug-likeness (QED) is 0.755. The second-order valence-corrected chi connectivity index (χ2v) is 4.69. The summed E-state index contributed by atoms with van der Waals surface area (Å²) in [6.45, 7) is 1.89. The van der Waals surface area contributed by atoms with E-state index in [4.69, 9.17) is 16.9 Å². The monoisotopic (exact) mass is 234 g/mol. The molecule has 0 saturated heterocycles. The van der Waals surface area contributed by atoms with Crippen molar-refractivity contribution >= 4 is 22.9 Å². The van der Waals surface area contributed by atoms with E-state index in [9.17, 15) is 0 Å². The first-order chi connectivity index (χ1) is 7.20. The highest BCUT2D eigenvalue weighted by molar-refractivity contribution is 7.15. The number of hydrogen-bond donors (Lipinski definition) is 0. The summed E-state index contributed by atoms with van der Waals surface area (Å²) in [4.78, 5) is 5.18. The standard InChI is InChI=1S/C11H7ClN2S/c1-7-10(6-13)14-11(15-7)8-3-2-4-9(12)5-8/h2-5H,1H3. The highest BCUT2D eigenvalue weighted by Gasteiger charge is 2.08. The third kappa shape index (κ3) is 2.01. The van der Waals surface area contributed by atoms with Gasteiger partial charge < -0.3 is 0 Å². The Hall–Kier alpha value is -1.37. The largest absolute Gasteiger partial charge is 0.225 e. The van der Waals surface area contributed by atoms with Crippen LogP contribution >= 0.6 is 22.9 Å². The Morgan fingerprint density at radius 1 is 1.47 bits per heavy atom. The first kappa shape index (κ1) is 10.2. The summed E-state index contributed by atoms with van der Waals surface area (Å²) in [6, 6.07) is 9.54. The van der Waals surface area contributed by atoms with Crippen molar-refractivity contribution in [3.8, 4) is 16.6 Å². The summed E-state index contributed by atoms with van der Waals surface area (Å²) in [5.74, 6) is 0. The van der Waals surface area contributed by atoms with Gasteiger partial charge in [-0.15, -0.1) is 11.3 Å². The second kappa shape index (κ2) is 4.01. The number of hydrogen-bond acceptors (Lipinski definition) is 3. The molecule has 2 nitrogen and oxygen atoms in total. The Bertz CT molecular complexity index is 540. The minimum Gasteiger partial charge on any atom is -0.225 e. The van der Waals surface area contributed by atoms with E-state index in [0.29, 0.717) is 10.7 Å². The summed E-state index contributed by atoms with van der Waals surface area (Å²) in [7, 11) is 0. The molecule has 0 unspecified atom stereocenters. The van der Waals surface area contributed by atoms with Crippen molar-refractivity contribution in [1.29, 1.82) is 5.26 Å². The molecule has 0 atom stereocenters. The van der Waals surface area contributed by atoms with Gasteiger partial charge in [-0.1, -0.05) is 23.7 Å². The van der Waals surface area contributed by atoms with Crippen LogP contribution in [0.4, 0.5) is 0 Å². The molecule has 0 bridgehead atoms. The number of rotatable bonds is 1. The van der Waals surface area contributed by atoms with Gasteiger partial charge in [-0.2, -0.15) is 5.26 Å². The van der Waals surface area contributed by atoms with Gasteiger partial charge in [0.05, 0.1) is 0 Å². The van der Waals surface area contributed by atoms with Crippen LogP contribution in [0.15, 0.2) is 24.3 Å². The third-order valence-electron chi connectivity index (χ3n) is 1.97. The Labute approximate surface area is 96.8 Å². The van der Waals surface area contributed by atoms with Crippen molar-refractivity contribution in [3.05, 3.63) is 39.9 Å². The molecule has 0 N–H and O–H groups in total. The Morgan fingerprint density at radius 2 is 2.27 bits per heavy atom. The Kier molecular flexibility index (Phi) is 2.72. The summed E-state index contributed by atoms with van der Waals surface area (Å²) in [5.41, 5.74) is 1.45. The van der Waals surface area contributed by atoms with Gasteiger partial charge in [-0.05, 0) is 19.1 Å². The minimum atomic E-state index is 0.495. The van der Waals surface area contributed by atoms with Crippen molar-refractivity contribution < 1.29 is 0 Å². The molecule has 4 heteroatoms. The molecule has 0 aliphatic carbocycles. The normalized spacial score (nSPS) is 9.93. The maximum atomic E-state index is 8.80. The van der Waals surface area contributed by atoms with Crippen molar-refractivity contribution in [3.63, 3.8) is 0 Å². The van der Waals surface area contributed by atoms with Crippen LogP contribution in [0.25, 0.3) is 10.6 Å². The van der Waals surface area contributed by atoms with Gasteiger partial charge in [0.1, 0.15) is 11.1 Å². The molecule has 2 rings (SSSR count). The second-order valence-electron chi connectivity index (χ2n) is 3.05. The lowest BCUT2D eigenvalue weighted by Gasteiger charge is -1.95. The lowest BCUT2D eigenvalue weighted by molar-refractivity contribution is 1.30. The van der Waals surface area contributed by atoms with Gasteiger partial charge in [0.25, 0.3) is 0 Å². The zero-order valence-corrected chi connectivity index (χ0v) is 9.56. The van der Waals surface area contributed by atoms with Crippen molar-refractivity contribution in [1.82, 2.24) is 4.98 Å². The van der Waals surface area contributed by atoms with E-state index in [1.165, 1.54) is 11.3 Å². The Balaban J connectivity index is 2.51. The van der Waals surface area contributed by atoms with E-state index >= 15 is 0 Å². The maximum Gasteiger partial charge on any atom is 0.155 e. The fourth-order valence-electron chi connectivity index (χ4n) is 1.25. The predicted molar refractivity (Wildman–Crippen MR) is 62.0 cm³/mol. The van der Waals surface area contributed by atoms with E-state index in [0.717, 1.165) is 15.4 Å². The van der Waals surface area contributed by atoms with Gasteiger partial charge in [0.2, 0.25) is 0 Å².